The van der Waals surface area contributed by atoms with Crippen LogP contribution in [0.15, 0.2) is 11.8 Å². The Morgan fingerprint density at radius 2 is 2.05 bits per heavy atom. The van der Waals surface area contributed by atoms with Crippen LogP contribution in [0.1, 0.15) is 12.8 Å². The van der Waals surface area contributed by atoms with E-state index in [9.17, 15) is 24.0 Å². The van der Waals surface area contributed by atoms with Crippen molar-refractivity contribution in [2.75, 3.05) is 13.6 Å². The molecule has 1 unspecified atom stereocenters. The molecule has 1 atom stereocenters. The summed E-state index contributed by atoms with van der Waals surface area (Å²) in [7, 11) is 1.38. The first kappa shape index (κ1) is 15.5. The number of nitrogens with zero attached hydrogens (tertiary/aromatic N) is 1. The molecule has 0 saturated heterocycles. The number of hydrogen-bond acceptors (Lipinski definition) is 6. The molecular weight excluding hydrogens is 266 g/mol. The molecule has 0 aliphatic carbocycles. The first-order valence-electron chi connectivity index (χ1n) is 5.98. The van der Waals surface area contributed by atoms with Gasteiger partial charge in [-0.25, -0.2) is 0 Å². The van der Waals surface area contributed by atoms with Crippen LogP contribution in [0.25, 0.3) is 0 Å². The topological polar surface area (TPSA) is 113 Å². The average molecular weight is 281 g/mol. The van der Waals surface area contributed by atoms with E-state index in [-0.39, 0.29) is 25.1 Å². The van der Waals surface area contributed by atoms with Crippen molar-refractivity contribution in [3.8, 4) is 0 Å². The van der Waals surface area contributed by atoms with Gasteiger partial charge < -0.3 is 20.2 Å². The quantitative estimate of drug-likeness (QED) is 0.398. The zero-order valence-corrected chi connectivity index (χ0v) is 10.9. The van der Waals surface area contributed by atoms with E-state index in [0.717, 1.165) is 11.0 Å². The summed E-state index contributed by atoms with van der Waals surface area (Å²) in [5.41, 5.74) is -0.0397. The van der Waals surface area contributed by atoms with Crippen LogP contribution in [0, 0.1) is 0 Å². The molecule has 0 bridgehead atoms. The van der Waals surface area contributed by atoms with Crippen LogP contribution in [0.4, 0.5) is 0 Å². The summed E-state index contributed by atoms with van der Waals surface area (Å²) < 4.78 is 0. The van der Waals surface area contributed by atoms with Gasteiger partial charge >= 0.3 is 0 Å². The first-order valence-corrected chi connectivity index (χ1v) is 5.98. The van der Waals surface area contributed by atoms with E-state index in [4.69, 9.17) is 0 Å². The fourth-order valence-corrected chi connectivity index (χ4v) is 1.83. The number of hydrogen-bond donors (Lipinski definition) is 2. The molecule has 0 aromatic rings. The molecule has 20 heavy (non-hydrogen) atoms. The summed E-state index contributed by atoms with van der Waals surface area (Å²) in [6.07, 6.45) is 2.29. The van der Waals surface area contributed by atoms with Crippen LogP contribution in [0.5, 0.6) is 0 Å². The summed E-state index contributed by atoms with van der Waals surface area (Å²) in [5, 5.41) is 4.84. The zero-order chi connectivity index (χ0) is 15.1. The largest absolute Gasteiger partial charge is 0.374 e. The van der Waals surface area contributed by atoms with Crippen LogP contribution in [-0.2, 0) is 24.0 Å². The van der Waals surface area contributed by atoms with Gasteiger partial charge in [-0.3, -0.25) is 19.3 Å². The Hall–Kier alpha value is -2.51. The second-order valence-electron chi connectivity index (χ2n) is 3.99. The molecule has 108 valence electrons. The van der Waals surface area contributed by atoms with Gasteiger partial charge in [0.05, 0.1) is 6.54 Å². The Labute approximate surface area is 115 Å². The summed E-state index contributed by atoms with van der Waals surface area (Å²) in [4.78, 5) is 57.1. The normalized spacial score (nSPS) is 15.7. The monoisotopic (exact) mass is 281 g/mol. The Morgan fingerprint density at radius 1 is 1.35 bits per heavy atom. The van der Waals surface area contributed by atoms with Crippen molar-refractivity contribution < 1.29 is 24.0 Å². The third-order valence-electron chi connectivity index (χ3n) is 2.75. The van der Waals surface area contributed by atoms with Gasteiger partial charge in [-0.2, -0.15) is 0 Å². The molecule has 0 radical (unpaired) electrons. The number of carbonyl (C=O) groups excluding carboxylic acids is 5. The molecule has 1 heterocycles. The molecule has 0 aromatic heterocycles. The van der Waals surface area contributed by atoms with E-state index in [1.807, 2.05) is 0 Å². The van der Waals surface area contributed by atoms with E-state index in [0.29, 0.717) is 12.6 Å². The molecule has 0 aromatic carbocycles. The van der Waals surface area contributed by atoms with Gasteiger partial charge in [0.25, 0.3) is 11.8 Å². The maximum absolute atomic E-state index is 12.0. The number of aldehydes is 2. The minimum Gasteiger partial charge on any atom is -0.374 e. The number of carbonyl (C=O) groups is 5. The third kappa shape index (κ3) is 3.28. The minimum atomic E-state index is -1.04. The van der Waals surface area contributed by atoms with Crippen molar-refractivity contribution in [1.29, 1.82) is 0 Å². The number of imide groups is 1. The molecule has 1 rings (SSSR count). The lowest BCUT2D eigenvalue weighted by molar-refractivity contribution is -0.146. The minimum absolute atomic E-state index is 0.0397. The lowest BCUT2D eigenvalue weighted by Crippen LogP contribution is -2.49. The van der Waals surface area contributed by atoms with Crippen LogP contribution < -0.4 is 10.6 Å². The highest BCUT2D eigenvalue weighted by molar-refractivity contribution is 6.17. The summed E-state index contributed by atoms with van der Waals surface area (Å²) >= 11 is 0. The Bertz CT molecular complexity index is 472. The zero-order valence-electron chi connectivity index (χ0n) is 10.9. The molecule has 0 spiro atoms. The van der Waals surface area contributed by atoms with Gasteiger partial charge in [-0.15, -0.1) is 0 Å². The predicted molar refractivity (Wildman–Crippen MR) is 67.2 cm³/mol. The predicted octanol–water partition coefficient (Wildman–Crippen LogP) is -1.88. The van der Waals surface area contributed by atoms with Crippen LogP contribution >= 0.6 is 0 Å². The highest BCUT2D eigenvalue weighted by Gasteiger charge is 2.39. The van der Waals surface area contributed by atoms with E-state index >= 15 is 0 Å². The van der Waals surface area contributed by atoms with E-state index in [1.54, 1.807) is 0 Å². The lowest BCUT2D eigenvalue weighted by Gasteiger charge is -2.24. The van der Waals surface area contributed by atoms with Crippen molar-refractivity contribution >= 4 is 30.3 Å². The van der Waals surface area contributed by atoms with Gasteiger partial charge in [-0.05, 0) is 6.42 Å². The molecule has 1 aliphatic rings. The molecule has 0 saturated carbocycles. The highest BCUT2D eigenvalue weighted by atomic mass is 16.2. The molecule has 1 aliphatic heterocycles. The van der Waals surface area contributed by atoms with Gasteiger partial charge in [0.1, 0.15) is 24.3 Å². The number of likely N-dealkylation sites (N-methyl/N-ethyl adjacent to an activating group) is 1. The van der Waals surface area contributed by atoms with E-state index < -0.39 is 23.8 Å². The molecule has 0 fully saturated rings. The number of amides is 3. The van der Waals surface area contributed by atoms with E-state index in [2.05, 4.69) is 10.6 Å². The first-order chi connectivity index (χ1) is 9.56. The van der Waals surface area contributed by atoms with Crippen LogP contribution in [-0.4, -0.2) is 54.8 Å². The Morgan fingerprint density at radius 3 is 2.60 bits per heavy atom. The number of rotatable bonds is 8. The third-order valence-corrected chi connectivity index (χ3v) is 2.75. The van der Waals surface area contributed by atoms with Crippen LogP contribution in [0.3, 0.4) is 0 Å². The molecule has 8 nitrogen and oxygen atoms in total. The van der Waals surface area contributed by atoms with E-state index in [1.165, 1.54) is 7.05 Å². The van der Waals surface area contributed by atoms with Gasteiger partial charge in [0.2, 0.25) is 5.91 Å². The van der Waals surface area contributed by atoms with Crippen molar-refractivity contribution in [3.05, 3.63) is 11.8 Å². The van der Waals surface area contributed by atoms with Gasteiger partial charge in [0.15, 0.2) is 0 Å². The fraction of sp³-hybridized carbons (Fsp3) is 0.417. The fourth-order valence-electron chi connectivity index (χ4n) is 1.83. The molecule has 2 N–H and O–H groups in total. The van der Waals surface area contributed by atoms with Gasteiger partial charge in [0, 0.05) is 19.5 Å². The lowest BCUT2D eigenvalue weighted by atomic mass is 10.1. The second-order valence-corrected chi connectivity index (χ2v) is 3.99. The second kappa shape index (κ2) is 7.17. The standard InChI is InChI=1S/C12H15N3O5/c1-13-11(19)9(3-2-5-16)15-10(18)7-8(12(15)20)14-4-6-17/h5-7,9,14H,2-4H2,1H3,(H,13,19). The Balaban J connectivity index is 2.90. The summed E-state index contributed by atoms with van der Waals surface area (Å²) in [6, 6.07) is -1.04. The van der Waals surface area contributed by atoms with Crippen molar-refractivity contribution in [2.24, 2.45) is 0 Å². The van der Waals surface area contributed by atoms with Crippen molar-refractivity contribution in [1.82, 2.24) is 15.5 Å². The average Bonchev–Trinajstić information content (AvgIpc) is 2.72. The molecular formula is C12H15N3O5. The Kier molecular flexibility index (Phi) is 5.57. The van der Waals surface area contributed by atoms with Crippen molar-refractivity contribution in [3.63, 3.8) is 0 Å². The van der Waals surface area contributed by atoms with Gasteiger partial charge in [-0.1, -0.05) is 0 Å². The SMILES string of the molecule is CNC(=O)C(CCC=O)N1C(=O)C=C(NCC=O)C1=O. The number of nitrogens with one attached hydrogen (secondary N) is 2. The van der Waals surface area contributed by atoms with Crippen LogP contribution in [0.2, 0.25) is 0 Å². The summed E-state index contributed by atoms with van der Waals surface area (Å²) in [6.45, 7) is -0.113. The highest BCUT2D eigenvalue weighted by Crippen LogP contribution is 2.17. The van der Waals surface area contributed by atoms with Crippen molar-refractivity contribution in [2.45, 2.75) is 18.9 Å². The molecule has 3 amide bonds. The maximum Gasteiger partial charge on any atom is 0.277 e. The smallest absolute Gasteiger partial charge is 0.277 e. The maximum atomic E-state index is 12.0. The summed E-state index contributed by atoms with van der Waals surface area (Å²) in [5.74, 6) is -1.86. The molecule has 8 heteroatoms.